The fourth-order valence-electron chi connectivity index (χ4n) is 2.04. The summed E-state index contributed by atoms with van der Waals surface area (Å²) in [6.45, 7) is 4.64. The molecule has 2 N–H and O–H groups in total. The van der Waals surface area contributed by atoms with Crippen LogP contribution in [0.15, 0.2) is 24.3 Å². The van der Waals surface area contributed by atoms with Crippen molar-refractivity contribution in [2.24, 2.45) is 0 Å². The highest BCUT2D eigenvalue weighted by atomic mass is 35.5. The zero-order valence-corrected chi connectivity index (χ0v) is 14.1. The summed E-state index contributed by atoms with van der Waals surface area (Å²) in [4.78, 5) is 11.9. The van der Waals surface area contributed by atoms with Crippen LogP contribution in [0.1, 0.15) is 18.9 Å². The highest BCUT2D eigenvalue weighted by Gasteiger charge is 2.23. The molecule has 4 nitrogen and oxygen atoms in total. The molecule has 0 aromatic heterocycles. The number of rotatable bonds is 6. The molecule has 0 radical (unpaired) electrons. The van der Waals surface area contributed by atoms with E-state index in [1.54, 1.807) is 11.8 Å². The molecule has 1 aromatic rings. The third-order valence-corrected chi connectivity index (χ3v) is 4.32. The first kappa shape index (κ1) is 18.1. The van der Waals surface area contributed by atoms with Crippen LogP contribution < -0.4 is 15.4 Å². The second kappa shape index (κ2) is 9.18. The van der Waals surface area contributed by atoms with Crippen molar-refractivity contribution in [3.8, 4) is 5.75 Å². The van der Waals surface area contributed by atoms with Crippen LogP contribution in [0, 0.1) is 6.92 Å². The van der Waals surface area contributed by atoms with Crippen molar-refractivity contribution in [3.05, 3.63) is 29.8 Å². The summed E-state index contributed by atoms with van der Waals surface area (Å²) >= 11 is 1.75. The monoisotopic (exact) mass is 330 g/mol. The number of halogens is 1. The molecule has 1 aliphatic heterocycles. The Morgan fingerprint density at radius 3 is 2.90 bits per heavy atom. The molecule has 1 aliphatic rings. The molecule has 2 atom stereocenters. The van der Waals surface area contributed by atoms with Crippen molar-refractivity contribution in [1.82, 2.24) is 10.6 Å². The summed E-state index contributed by atoms with van der Waals surface area (Å²) in [5.74, 6) is 2.67. The lowest BCUT2D eigenvalue weighted by molar-refractivity contribution is -0.122. The molecule has 1 heterocycles. The summed E-state index contributed by atoms with van der Waals surface area (Å²) in [5, 5.41) is 6.14. The van der Waals surface area contributed by atoms with E-state index in [2.05, 4.69) is 17.6 Å². The zero-order valence-electron chi connectivity index (χ0n) is 12.4. The number of thioether (sulfide) groups is 1. The normalized spacial score (nSPS) is 18.7. The molecular formula is C15H23ClN2O2S. The van der Waals surface area contributed by atoms with E-state index in [0.717, 1.165) is 29.4 Å². The molecule has 2 unspecified atom stereocenters. The quantitative estimate of drug-likeness (QED) is 0.840. The van der Waals surface area contributed by atoms with E-state index in [9.17, 15) is 4.79 Å². The Hall–Kier alpha value is -0.910. The maximum atomic E-state index is 11.9. The molecule has 0 spiro atoms. The number of benzene rings is 1. The molecule has 21 heavy (non-hydrogen) atoms. The van der Waals surface area contributed by atoms with Gasteiger partial charge in [0.15, 0.2) is 0 Å². The van der Waals surface area contributed by atoms with Gasteiger partial charge in [0.25, 0.3) is 0 Å². The predicted molar refractivity (Wildman–Crippen MR) is 90.4 cm³/mol. The Labute approximate surface area is 136 Å². The number of ether oxygens (including phenoxy) is 1. The largest absolute Gasteiger partial charge is 0.488 e. The Kier molecular flexibility index (Phi) is 7.93. The van der Waals surface area contributed by atoms with Crippen molar-refractivity contribution in [2.75, 3.05) is 18.2 Å². The standard InChI is InChI=1S/C15H22N2O2S.ClH/c1-3-12(19-14-7-5-4-6-11(14)2)8-16-15(18)13-9-20-10-17-13;/h4-7,12-13,17H,3,8-10H2,1-2H3,(H,16,18);1H. The van der Waals surface area contributed by atoms with Crippen molar-refractivity contribution in [2.45, 2.75) is 32.4 Å². The second-order valence-corrected chi connectivity index (χ2v) is 5.96. The third-order valence-electron chi connectivity index (χ3n) is 3.38. The van der Waals surface area contributed by atoms with E-state index in [1.807, 2.05) is 31.2 Å². The smallest absolute Gasteiger partial charge is 0.238 e. The summed E-state index contributed by atoms with van der Waals surface area (Å²) in [7, 11) is 0. The van der Waals surface area contributed by atoms with Gasteiger partial charge >= 0.3 is 0 Å². The van der Waals surface area contributed by atoms with Gasteiger partial charge in [-0.05, 0) is 25.0 Å². The van der Waals surface area contributed by atoms with Gasteiger partial charge in [0.05, 0.1) is 12.6 Å². The lowest BCUT2D eigenvalue weighted by atomic mass is 10.2. The van der Waals surface area contributed by atoms with Crippen LogP contribution in [0.25, 0.3) is 0 Å². The highest BCUT2D eigenvalue weighted by molar-refractivity contribution is 7.99. The van der Waals surface area contributed by atoms with Gasteiger partial charge in [-0.25, -0.2) is 0 Å². The van der Waals surface area contributed by atoms with Gasteiger partial charge in [-0.1, -0.05) is 25.1 Å². The topological polar surface area (TPSA) is 50.4 Å². The molecular weight excluding hydrogens is 308 g/mol. The molecule has 0 aliphatic carbocycles. The highest BCUT2D eigenvalue weighted by Crippen LogP contribution is 2.18. The van der Waals surface area contributed by atoms with Gasteiger partial charge in [0.1, 0.15) is 11.9 Å². The van der Waals surface area contributed by atoms with E-state index in [0.29, 0.717) is 6.54 Å². The summed E-state index contributed by atoms with van der Waals surface area (Å²) in [6, 6.07) is 7.90. The zero-order chi connectivity index (χ0) is 14.4. The number of nitrogens with one attached hydrogen (secondary N) is 2. The SMILES string of the molecule is CCC(CNC(=O)C1CSCN1)Oc1ccccc1C.Cl. The van der Waals surface area contributed by atoms with Crippen LogP contribution in [0.4, 0.5) is 0 Å². The van der Waals surface area contributed by atoms with E-state index >= 15 is 0 Å². The first-order chi connectivity index (χ1) is 9.70. The van der Waals surface area contributed by atoms with Crippen LogP contribution in [-0.2, 0) is 4.79 Å². The number of hydrogen-bond acceptors (Lipinski definition) is 4. The summed E-state index contributed by atoms with van der Waals surface area (Å²) < 4.78 is 5.97. The third kappa shape index (κ3) is 5.41. The molecule has 6 heteroatoms. The number of amides is 1. The van der Waals surface area contributed by atoms with Crippen LogP contribution in [0.5, 0.6) is 5.75 Å². The molecule has 1 aromatic carbocycles. The van der Waals surface area contributed by atoms with Crippen molar-refractivity contribution >= 4 is 30.1 Å². The summed E-state index contributed by atoms with van der Waals surface area (Å²) in [6.07, 6.45) is 0.871. The molecule has 2 rings (SSSR count). The molecule has 1 fully saturated rings. The maximum absolute atomic E-state index is 11.9. The average Bonchev–Trinajstić information content (AvgIpc) is 2.99. The van der Waals surface area contributed by atoms with Gasteiger partial charge in [-0.15, -0.1) is 24.2 Å². The average molecular weight is 331 g/mol. The first-order valence-corrected chi connectivity index (χ1v) is 8.17. The van der Waals surface area contributed by atoms with Crippen LogP contribution in [0.3, 0.4) is 0 Å². The fraction of sp³-hybridized carbons (Fsp3) is 0.533. The van der Waals surface area contributed by atoms with Crippen molar-refractivity contribution < 1.29 is 9.53 Å². The fourth-order valence-corrected chi connectivity index (χ4v) is 2.98. The minimum absolute atomic E-state index is 0. The number of hydrogen-bond donors (Lipinski definition) is 2. The van der Waals surface area contributed by atoms with Crippen LogP contribution in [-0.4, -0.2) is 36.2 Å². The lowest BCUT2D eigenvalue weighted by Crippen LogP contribution is -2.45. The Morgan fingerprint density at radius 2 is 2.29 bits per heavy atom. The molecule has 1 amide bonds. The van der Waals surface area contributed by atoms with Gasteiger partial charge in [0.2, 0.25) is 5.91 Å². The van der Waals surface area contributed by atoms with Crippen molar-refractivity contribution in [1.29, 1.82) is 0 Å². The van der Waals surface area contributed by atoms with Crippen molar-refractivity contribution in [3.63, 3.8) is 0 Å². The molecule has 1 saturated heterocycles. The number of carbonyl (C=O) groups is 1. The summed E-state index contributed by atoms with van der Waals surface area (Å²) in [5.41, 5.74) is 1.12. The van der Waals surface area contributed by atoms with E-state index in [1.165, 1.54) is 0 Å². The minimum Gasteiger partial charge on any atom is -0.488 e. The molecule has 0 bridgehead atoms. The Balaban J connectivity index is 0.00000220. The van der Waals surface area contributed by atoms with E-state index in [4.69, 9.17) is 4.74 Å². The molecule has 118 valence electrons. The molecule has 0 saturated carbocycles. The number of aryl methyl sites for hydroxylation is 1. The Bertz CT molecular complexity index is 453. The lowest BCUT2D eigenvalue weighted by Gasteiger charge is -2.20. The van der Waals surface area contributed by atoms with Gasteiger partial charge in [0, 0.05) is 11.6 Å². The van der Waals surface area contributed by atoms with E-state index < -0.39 is 0 Å². The number of carbonyl (C=O) groups excluding carboxylic acids is 1. The van der Waals surface area contributed by atoms with E-state index in [-0.39, 0.29) is 30.5 Å². The number of para-hydroxylation sites is 1. The van der Waals surface area contributed by atoms with Gasteiger partial charge in [-0.2, -0.15) is 0 Å². The minimum atomic E-state index is -0.0593. The second-order valence-electron chi connectivity index (χ2n) is 4.93. The van der Waals surface area contributed by atoms with Gasteiger partial charge in [-0.3, -0.25) is 10.1 Å². The van der Waals surface area contributed by atoms with Crippen LogP contribution >= 0.6 is 24.2 Å². The predicted octanol–water partition coefficient (Wildman–Crippen LogP) is 2.35. The Morgan fingerprint density at radius 1 is 1.52 bits per heavy atom. The maximum Gasteiger partial charge on any atom is 0.238 e. The first-order valence-electron chi connectivity index (χ1n) is 7.01. The van der Waals surface area contributed by atoms with Gasteiger partial charge < -0.3 is 10.1 Å². The van der Waals surface area contributed by atoms with Crippen LogP contribution in [0.2, 0.25) is 0 Å².